The van der Waals surface area contributed by atoms with Gasteiger partial charge in [0, 0.05) is 39.1 Å². The van der Waals surface area contributed by atoms with Crippen LogP contribution in [0.1, 0.15) is 38.4 Å². The Morgan fingerprint density at radius 3 is 2.82 bits per heavy atom. The smallest absolute Gasteiger partial charge is 0.343 e. The number of aliphatic imine (C=N–C) groups is 1. The van der Waals surface area contributed by atoms with Gasteiger partial charge in [0.05, 0.1) is 0 Å². The lowest BCUT2D eigenvalue weighted by Crippen LogP contribution is -2.07. The van der Waals surface area contributed by atoms with Crippen molar-refractivity contribution >= 4 is 18.1 Å². The molecule has 1 aromatic heterocycles. The molecule has 7 nitrogen and oxygen atoms in total. The van der Waals surface area contributed by atoms with E-state index < -0.39 is 4.92 Å². The van der Waals surface area contributed by atoms with Crippen molar-refractivity contribution in [1.29, 1.82) is 0 Å². The molecule has 0 fully saturated rings. The van der Waals surface area contributed by atoms with Crippen molar-refractivity contribution in [3.05, 3.63) is 28.3 Å². The molecule has 122 valence electrons. The minimum absolute atomic E-state index is 0.0177. The van der Waals surface area contributed by atoms with Crippen LogP contribution in [0.2, 0.25) is 0 Å². The fourth-order valence-corrected chi connectivity index (χ4v) is 1.92. The van der Waals surface area contributed by atoms with Crippen molar-refractivity contribution in [3.8, 4) is 0 Å². The van der Waals surface area contributed by atoms with Crippen molar-refractivity contribution in [2.45, 2.75) is 39.2 Å². The molecule has 0 atom stereocenters. The number of hydrogen-bond acceptors (Lipinski definition) is 5. The van der Waals surface area contributed by atoms with Crippen LogP contribution in [0.15, 0.2) is 17.4 Å². The third-order valence-corrected chi connectivity index (χ3v) is 3.11. The Balaban J connectivity index is 2.68. The number of hydrogen-bond donors (Lipinski definition) is 0. The monoisotopic (exact) mass is 307 g/mol. The van der Waals surface area contributed by atoms with Gasteiger partial charge in [0.15, 0.2) is 0 Å². The van der Waals surface area contributed by atoms with Gasteiger partial charge in [-0.15, -0.1) is 0 Å². The maximum Gasteiger partial charge on any atom is 0.343 e. The van der Waals surface area contributed by atoms with Crippen LogP contribution in [0.4, 0.5) is 5.82 Å². The molecule has 0 aliphatic heterocycles. The van der Waals surface area contributed by atoms with Crippen LogP contribution in [0.3, 0.4) is 0 Å². The molecule has 1 heterocycles. The molecule has 0 aliphatic rings. The summed E-state index contributed by atoms with van der Waals surface area (Å²) in [5.74, 6) is 0.536. The first-order chi connectivity index (χ1) is 10.6. The Hall–Kier alpha value is -2.18. The van der Waals surface area contributed by atoms with Gasteiger partial charge in [-0.2, -0.15) is 0 Å². The molecule has 0 aliphatic carbocycles. The summed E-state index contributed by atoms with van der Waals surface area (Å²) in [7, 11) is 3.77. The van der Waals surface area contributed by atoms with E-state index in [2.05, 4.69) is 16.9 Å². The standard InChI is InChI=1S/C15H25N5O2/c1-4-5-6-7-9-16-10-12-19-14(8-11-18(2)3)17-13-15(19)20(21)22/h8,10-11,13H,4-7,9,12H2,1-3H3. The Bertz CT molecular complexity index is 520. The molecule has 1 rings (SSSR count). The molecule has 0 radical (unpaired) electrons. The SMILES string of the molecule is CCCCCCN=CCn1c([N+](=O)[O-])cnc1C=CN(C)C. The van der Waals surface area contributed by atoms with Crippen LogP contribution in [0, 0.1) is 10.1 Å². The zero-order valence-corrected chi connectivity index (χ0v) is 13.6. The molecule has 22 heavy (non-hydrogen) atoms. The van der Waals surface area contributed by atoms with E-state index in [-0.39, 0.29) is 5.82 Å². The van der Waals surface area contributed by atoms with E-state index in [1.54, 1.807) is 16.9 Å². The zero-order valence-electron chi connectivity index (χ0n) is 13.6. The van der Waals surface area contributed by atoms with Gasteiger partial charge in [-0.3, -0.25) is 4.99 Å². The number of unbranched alkanes of at least 4 members (excludes halogenated alkanes) is 3. The second kappa shape index (κ2) is 9.70. The normalized spacial score (nSPS) is 11.6. The molecule has 0 saturated carbocycles. The highest BCUT2D eigenvalue weighted by Gasteiger charge is 2.17. The van der Waals surface area contributed by atoms with Gasteiger partial charge in [0.1, 0.15) is 12.7 Å². The zero-order chi connectivity index (χ0) is 16.4. The van der Waals surface area contributed by atoms with Crippen LogP contribution >= 0.6 is 0 Å². The first-order valence-electron chi connectivity index (χ1n) is 7.59. The minimum Gasteiger partial charge on any atom is -0.383 e. The van der Waals surface area contributed by atoms with Gasteiger partial charge in [0.25, 0.3) is 0 Å². The van der Waals surface area contributed by atoms with E-state index in [4.69, 9.17) is 0 Å². The van der Waals surface area contributed by atoms with E-state index in [0.717, 1.165) is 13.0 Å². The average molecular weight is 307 g/mol. The number of nitro groups is 1. The minimum atomic E-state index is -0.422. The molecular weight excluding hydrogens is 282 g/mol. The Morgan fingerprint density at radius 1 is 1.41 bits per heavy atom. The van der Waals surface area contributed by atoms with Gasteiger partial charge in [-0.25, -0.2) is 9.55 Å². The van der Waals surface area contributed by atoms with Crippen LogP contribution in [0.25, 0.3) is 6.08 Å². The fraction of sp³-hybridized carbons (Fsp3) is 0.600. The van der Waals surface area contributed by atoms with Gasteiger partial charge < -0.3 is 15.0 Å². The summed E-state index contributed by atoms with van der Waals surface area (Å²) in [4.78, 5) is 20.9. The first-order valence-corrected chi connectivity index (χ1v) is 7.59. The van der Waals surface area contributed by atoms with Crippen LogP contribution in [-0.4, -0.2) is 46.2 Å². The highest BCUT2D eigenvalue weighted by molar-refractivity contribution is 5.59. The van der Waals surface area contributed by atoms with Gasteiger partial charge in [0.2, 0.25) is 5.82 Å². The highest BCUT2D eigenvalue weighted by atomic mass is 16.6. The lowest BCUT2D eigenvalue weighted by atomic mass is 10.2. The third-order valence-electron chi connectivity index (χ3n) is 3.11. The topological polar surface area (TPSA) is 76.6 Å². The predicted molar refractivity (Wildman–Crippen MR) is 89.1 cm³/mol. The third kappa shape index (κ3) is 6.07. The fourth-order valence-electron chi connectivity index (χ4n) is 1.92. The average Bonchev–Trinajstić information content (AvgIpc) is 2.87. The molecule has 0 unspecified atom stereocenters. The van der Waals surface area contributed by atoms with E-state index in [1.165, 1.54) is 25.5 Å². The molecule has 0 saturated heterocycles. The highest BCUT2D eigenvalue weighted by Crippen LogP contribution is 2.14. The van der Waals surface area contributed by atoms with Crippen LogP contribution < -0.4 is 0 Å². The molecule has 0 spiro atoms. The van der Waals surface area contributed by atoms with Crippen LogP contribution in [0.5, 0.6) is 0 Å². The number of nitrogens with zero attached hydrogens (tertiary/aromatic N) is 5. The summed E-state index contributed by atoms with van der Waals surface area (Å²) in [6.07, 6.45) is 11.2. The largest absolute Gasteiger partial charge is 0.383 e. The Kier molecular flexibility index (Phi) is 7.88. The molecular formula is C15H25N5O2. The van der Waals surface area contributed by atoms with Crippen LogP contribution in [-0.2, 0) is 6.54 Å². The van der Waals surface area contributed by atoms with Gasteiger partial charge in [-0.1, -0.05) is 26.2 Å². The lowest BCUT2D eigenvalue weighted by Gasteiger charge is -2.03. The summed E-state index contributed by atoms with van der Waals surface area (Å²) in [5.41, 5.74) is 0. The summed E-state index contributed by atoms with van der Waals surface area (Å²) in [5, 5.41) is 11.0. The molecule has 0 N–H and O–H groups in total. The second-order valence-corrected chi connectivity index (χ2v) is 5.27. The predicted octanol–water partition coefficient (Wildman–Crippen LogP) is 2.97. The van der Waals surface area contributed by atoms with Crippen molar-refractivity contribution in [1.82, 2.24) is 14.5 Å². The first kappa shape index (κ1) is 17.9. The quantitative estimate of drug-likeness (QED) is 0.288. The number of rotatable bonds is 10. The number of aromatic nitrogens is 2. The Labute approximate surface area is 131 Å². The van der Waals surface area contributed by atoms with E-state index >= 15 is 0 Å². The summed E-state index contributed by atoms with van der Waals surface area (Å²) in [6, 6.07) is 0. The molecule has 0 bridgehead atoms. The van der Waals surface area contributed by atoms with E-state index in [9.17, 15) is 10.1 Å². The van der Waals surface area contributed by atoms with Crippen molar-refractivity contribution < 1.29 is 4.92 Å². The van der Waals surface area contributed by atoms with E-state index in [0.29, 0.717) is 12.4 Å². The summed E-state index contributed by atoms with van der Waals surface area (Å²) < 4.78 is 1.55. The maximum absolute atomic E-state index is 11.0. The molecule has 1 aromatic rings. The summed E-state index contributed by atoms with van der Waals surface area (Å²) in [6.45, 7) is 3.30. The maximum atomic E-state index is 11.0. The second-order valence-electron chi connectivity index (χ2n) is 5.27. The lowest BCUT2D eigenvalue weighted by molar-refractivity contribution is -0.391. The molecule has 0 amide bonds. The number of imidazole rings is 1. The summed E-state index contributed by atoms with van der Waals surface area (Å²) >= 11 is 0. The van der Waals surface area contributed by atoms with Crippen molar-refractivity contribution in [3.63, 3.8) is 0 Å². The van der Waals surface area contributed by atoms with Crippen molar-refractivity contribution in [2.75, 3.05) is 20.6 Å². The van der Waals surface area contributed by atoms with E-state index in [1.807, 2.05) is 25.2 Å². The van der Waals surface area contributed by atoms with Gasteiger partial charge in [-0.05, 0) is 11.3 Å². The van der Waals surface area contributed by atoms with Crippen molar-refractivity contribution in [2.24, 2.45) is 4.99 Å². The molecule has 0 aromatic carbocycles. The Morgan fingerprint density at radius 2 is 2.18 bits per heavy atom. The van der Waals surface area contributed by atoms with Gasteiger partial charge >= 0.3 is 5.82 Å². The molecule has 7 heteroatoms.